The third-order valence-corrected chi connectivity index (χ3v) is 8.25. The van der Waals surface area contributed by atoms with Crippen LogP contribution < -0.4 is 10.5 Å². The van der Waals surface area contributed by atoms with Crippen molar-refractivity contribution in [3.05, 3.63) is 58.7 Å². The van der Waals surface area contributed by atoms with E-state index < -0.39 is 21.7 Å². The van der Waals surface area contributed by atoms with Crippen LogP contribution in [0.15, 0.2) is 47.4 Å². The molecule has 0 radical (unpaired) electrons. The predicted octanol–water partition coefficient (Wildman–Crippen LogP) is 3.33. The summed E-state index contributed by atoms with van der Waals surface area (Å²) < 4.78 is 47.4. The topological polar surface area (TPSA) is 89.7 Å². The van der Waals surface area contributed by atoms with Crippen LogP contribution in [-0.4, -0.2) is 38.8 Å². The number of methoxy groups -OCH3 is 1. The first kappa shape index (κ1) is 19.8. The van der Waals surface area contributed by atoms with E-state index in [1.165, 1.54) is 28.8 Å². The molecule has 0 saturated carbocycles. The Hall–Kier alpha value is -2.49. The lowest BCUT2D eigenvalue weighted by atomic mass is 9.95. The monoisotopic (exact) mass is 434 g/mol. The Kier molecular flexibility index (Phi) is 5.05. The van der Waals surface area contributed by atoms with Gasteiger partial charge in [-0.2, -0.15) is 4.31 Å². The first-order chi connectivity index (χ1) is 13.8. The summed E-state index contributed by atoms with van der Waals surface area (Å²) in [5, 5.41) is 0.916. The Morgan fingerprint density at radius 3 is 2.76 bits per heavy atom. The zero-order valence-corrected chi connectivity index (χ0v) is 17.2. The average molecular weight is 435 g/mol. The molecule has 9 heteroatoms. The second kappa shape index (κ2) is 7.40. The van der Waals surface area contributed by atoms with E-state index in [1.54, 1.807) is 0 Å². The van der Waals surface area contributed by atoms with Gasteiger partial charge in [-0.3, -0.25) is 4.79 Å². The molecule has 1 fully saturated rings. The van der Waals surface area contributed by atoms with Gasteiger partial charge in [-0.1, -0.05) is 18.2 Å². The highest BCUT2D eigenvalue weighted by atomic mass is 32.2. The fraction of sp³-hybridized carbons (Fsp3) is 0.250. The molecule has 1 saturated heterocycles. The third-order valence-electron chi connectivity index (χ3n) is 5.16. The molecule has 1 aliphatic rings. The lowest BCUT2D eigenvalue weighted by Gasteiger charge is -2.19. The highest BCUT2D eigenvalue weighted by Crippen LogP contribution is 2.41. The van der Waals surface area contributed by atoms with Gasteiger partial charge in [0.05, 0.1) is 12.0 Å². The summed E-state index contributed by atoms with van der Waals surface area (Å²) in [5.74, 6) is -1.26. The minimum absolute atomic E-state index is 0.0914. The van der Waals surface area contributed by atoms with Gasteiger partial charge < -0.3 is 10.5 Å². The number of nitrogens with two attached hydrogens (primary N) is 1. The van der Waals surface area contributed by atoms with Crippen molar-refractivity contribution in [2.24, 2.45) is 5.73 Å². The molecule has 2 heterocycles. The zero-order valence-electron chi connectivity index (χ0n) is 15.6. The standard InChI is InChI=1S/C20H19FN2O4S2/c1-27-15-7-6-13(21)10-17(15)29(25,26)23-9-8-12(11-23)18-14-4-2-3-5-16(14)28-19(18)20(22)24/h2-7,10,12H,8-9,11H2,1H3,(H2,22,24)/t12-/m0/s1. The summed E-state index contributed by atoms with van der Waals surface area (Å²) in [6.45, 7) is 0.443. The number of hydrogen-bond donors (Lipinski definition) is 1. The van der Waals surface area contributed by atoms with E-state index in [0.29, 0.717) is 11.3 Å². The minimum atomic E-state index is -3.96. The van der Waals surface area contributed by atoms with Crippen molar-refractivity contribution in [1.82, 2.24) is 4.31 Å². The Morgan fingerprint density at radius 1 is 1.28 bits per heavy atom. The maximum absolute atomic E-state index is 13.7. The molecule has 29 heavy (non-hydrogen) atoms. The van der Waals surface area contributed by atoms with Crippen molar-refractivity contribution >= 4 is 37.4 Å². The van der Waals surface area contributed by atoms with Crippen molar-refractivity contribution in [2.75, 3.05) is 20.2 Å². The normalized spacial score (nSPS) is 17.7. The highest BCUT2D eigenvalue weighted by molar-refractivity contribution is 7.89. The SMILES string of the molecule is COc1ccc(F)cc1S(=O)(=O)N1CC[C@H](c2c(C(N)=O)sc3ccccc23)C1. The second-order valence-corrected chi connectivity index (χ2v) is 9.81. The largest absolute Gasteiger partial charge is 0.495 e. The van der Waals surface area contributed by atoms with Crippen molar-refractivity contribution in [2.45, 2.75) is 17.2 Å². The van der Waals surface area contributed by atoms with Crippen molar-refractivity contribution in [1.29, 1.82) is 0 Å². The van der Waals surface area contributed by atoms with Crippen molar-refractivity contribution < 1.29 is 22.3 Å². The molecule has 1 aliphatic heterocycles. The summed E-state index contributed by atoms with van der Waals surface area (Å²) >= 11 is 1.32. The van der Waals surface area contributed by atoms with Gasteiger partial charge in [0.25, 0.3) is 5.91 Å². The zero-order chi connectivity index (χ0) is 20.8. The number of sulfonamides is 1. The Bertz CT molecular complexity index is 1210. The number of nitrogens with zero attached hydrogens (tertiary/aromatic N) is 1. The van der Waals surface area contributed by atoms with Gasteiger partial charge in [-0.25, -0.2) is 12.8 Å². The summed E-state index contributed by atoms with van der Waals surface area (Å²) in [5.41, 5.74) is 6.39. The minimum Gasteiger partial charge on any atom is -0.495 e. The van der Waals surface area contributed by atoms with Gasteiger partial charge in [0.1, 0.15) is 16.5 Å². The van der Waals surface area contributed by atoms with E-state index in [-0.39, 0.29) is 29.7 Å². The van der Waals surface area contributed by atoms with Gasteiger partial charge in [0, 0.05) is 23.7 Å². The third kappa shape index (κ3) is 3.39. The molecule has 6 nitrogen and oxygen atoms in total. The van der Waals surface area contributed by atoms with Crippen molar-refractivity contribution in [3.8, 4) is 5.75 Å². The lowest BCUT2D eigenvalue weighted by molar-refractivity contribution is 0.100. The van der Waals surface area contributed by atoms with Crippen LogP contribution in [0.5, 0.6) is 5.75 Å². The Balaban J connectivity index is 1.72. The fourth-order valence-electron chi connectivity index (χ4n) is 3.83. The molecule has 152 valence electrons. The number of carbonyl (C=O) groups excluding carboxylic acids is 1. The first-order valence-electron chi connectivity index (χ1n) is 8.98. The van der Waals surface area contributed by atoms with Crippen LogP contribution >= 0.6 is 11.3 Å². The van der Waals surface area contributed by atoms with E-state index in [0.717, 1.165) is 27.8 Å². The number of fused-ring (bicyclic) bond motifs is 1. The molecule has 0 unspecified atom stereocenters. The molecule has 0 aliphatic carbocycles. The van der Waals surface area contributed by atoms with Crippen LogP contribution in [-0.2, 0) is 10.0 Å². The van der Waals surface area contributed by atoms with Crippen LogP contribution in [0.4, 0.5) is 4.39 Å². The maximum atomic E-state index is 13.7. The van der Waals surface area contributed by atoms with E-state index in [9.17, 15) is 17.6 Å². The molecule has 3 aromatic rings. The van der Waals surface area contributed by atoms with E-state index in [1.807, 2.05) is 24.3 Å². The van der Waals surface area contributed by atoms with Crippen LogP contribution in [0.1, 0.15) is 27.6 Å². The molecule has 1 aromatic heterocycles. The quantitative estimate of drug-likeness (QED) is 0.667. The van der Waals surface area contributed by atoms with Crippen LogP contribution in [0, 0.1) is 5.82 Å². The van der Waals surface area contributed by atoms with Crippen molar-refractivity contribution in [3.63, 3.8) is 0 Å². The first-order valence-corrected chi connectivity index (χ1v) is 11.2. The van der Waals surface area contributed by atoms with Crippen LogP contribution in [0.25, 0.3) is 10.1 Å². The molecular weight excluding hydrogens is 415 g/mol. The molecule has 2 N–H and O–H groups in total. The van der Waals surface area contributed by atoms with E-state index >= 15 is 0 Å². The molecule has 2 aromatic carbocycles. The molecule has 0 spiro atoms. The number of benzene rings is 2. The smallest absolute Gasteiger partial charge is 0.259 e. The van der Waals surface area contributed by atoms with E-state index in [4.69, 9.17) is 10.5 Å². The molecule has 1 amide bonds. The van der Waals surface area contributed by atoms with E-state index in [2.05, 4.69) is 0 Å². The Labute approximate surface area is 171 Å². The number of ether oxygens (including phenoxy) is 1. The molecule has 4 rings (SSSR count). The second-order valence-electron chi connectivity index (χ2n) is 6.85. The number of rotatable bonds is 5. The molecule has 1 atom stereocenters. The number of carbonyl (C=O) groups is 1. The van der Waals surface area contributed by atoms with Gasteiger partial charge in [-0.15, -0.1) is 11.3 Å². The Morgan fingerprint density at radius 2 is 2.03 bits per heavy atom. The molecule has 0 bridgehead atoms. The lowest BCUT2D eigenvalue weighted by Crippen LogP contribution is -2.29. The number of thiophene rings is 1. The highest BCUT2D eigenvalue weighted by Gasteiger charge is 2.37. The molecular formula is C20H19FN2O4S2. The predicted molar refractivity (Wildman–Crippen MR) is 109 cm³/mol. The van der Waals surface area contributed by atoms with Gasteiger partial charge in [-0.05, 0) is 41.6 Å². The van der Waals surface area contributed by atoms with Crippen LogP contribution in [0.3, 0.4) is 0 Å². The summed E-state index contributed by atoms with van der Waals surface area (Å²) in [7, 11) is -2.62. The van der Waals surface area contributed by atoms with Gasteiger partial charge >= 0.3 is 0 Å². The van der Waals surface area contributed by atoms with Crippen LogP contribution in [0.2, 0.25) is 0 Å². The number of amides is 1. The number of hydrogen-bond acceptors (Lipinski definition) is 5. The van der Waals surface area contributed by atoms with Gasteiger partial charge in [0.2, 0.25) is 10.0 Å². The fourth-order valence-corrected chi connectivity index (χ4v) is 6.64. The number of halogens is 1. The summed E-state index contributed by atoms with van der Waals surface area (Å²) in [6, 6.07) is 11.0. The van der Waals surface area contributed by atoms with Gasteiger partial charge in [0.15, 0.2) is 0 Å². The maximum Gasteiger partial charge on any atom is 0.259 e. The average Bonchev–Trinajstić information content (AvgIpc) is 3.33. The summed E-state index contributed by atoms with van der Waals surface area (Å²) in [6.07, 6.45) is 0.540. The number of primary amides is 1. The summed E-state index contributed by atoms with van der Waals surface area (Å²) in [4.78, 5) is 12.3.